The number of ether oxygens (including phenoxy) is 1. The molecule has 0 bridgehead atoms. The van der Waals surface area contributed by atoms with Crippen LogP contribution in [0.2, 0.25) is 0 Å². The van der Waals surface area contributed by atoms with E-state index in [1.807, 2.05) is 36.1 Å². The Bertz CT molecular complexity index is 1330. The molecule has 178 valence electrons. The highest BCUT2D eigenvalue weighted by atomic mass is 16.5. The highest BCUT2D eigenvalue weighted by molar-refractivity contribution is 6.10. The average Bonchev–Trinajstić information content (AvgIpc) is 2.86. The van der Waals surface area contributed by atoms with Crippen LogP contribution < -0.4 is 9.64 Å². The third-order valence-corrected chi connectivity index (χ3v) is 6.72. The van der Waals surface area contributed by atoms with E-state index in [-0.39, 0.29) is 24.1 Å². The van der Waals surface area contributed by atoms with Gasteiger partial charge in [-0.15, -0.1) is 0 Å². The summed E-state index contributed by atoms with van der Waals surface area (Å²) in [6.07, 6.45) is 0.805. The van der Waals surface area contributed by atoms with Gasteiger partial charge in [0.2, 0.25) is 0 Å². The van der Waals surface area contributed by atoms with Gasteiger partial charge in [0.1, 0.15) is 5.75 Å². The molecule has 2 aliphatic rings. The van der Waals surface area contributed by atoms with Gasteiger partial charge in [-0.05, 0) is 56.5 Å². The summed E-state index contributed by atoms with van der Waals surface area (Å²) in [5.41, 5.74) is 3.79. The number of benzene rings is 3. The van der Waals surface area contributed by atoms with E-state index in [1.54, 1.807) is 44.2 Å². The summed E-state index contributed by atoms with van der Waals surface area (Å²) >= 11 is 0. The Morgan fingerprint density at radius 2 is 1.63 bits per heavy atom. The summed E-state index contributed by atoms with van der Waals surface area (Å²) in [6.45, 7) is 6.38. The van der Waals surface area contributed by atoms with Crippen molar-refractivity contribution >= 4 is 23.3 Å². The van der Waals surface area contributed by atoms with Gasteiger partial charge in [0.15, 0.2) is 11.4 Å². The minimum absolute atomic E-state index is 0.107. The average molecular weight is 469 g/mol. The Balaban J connectivity index is 1.45. The van der Waals surface area contributed by atoms with Gasteiger partial charge >= 0.3 is 0 Å². The number of carbonyl (C=O) groups excluding carboxylic acids is 3. The summed E-state index contributed by atoms with van der Waals surface area (Å²) in [5.74, 6) is -0.121. The maximum absolute atomic E-state index is 13.4. The van der Waals surface area contributed by atoms with Gasteiger partial charge in [0.25, 0.3) is 11.8 Å². The van der Waals surface area contributed by atoms with Crippen molar-refractivity contribution in [2.45, 2.75) is 39.3 Å². The topological polar surface area (TPSA) is 66.9 Å². The van der Waals surface area contributed by atoms with Crippen molar-refractivity contribution in [2.24, 2.45) is 0 Å². The van der Waals surface area contributed by atoms with Crippen molar-refractivity contribution in [1.29, 1.82) is 0 Å². The summed E-state index contributed by atoms with van der Waals surface area (Å²) in [6, 6.07) is 20.6. The second-order valence-electron chi connectivity index (χ2n) is 9.72. The zero-order valence-corrected chi connectivity index (χ0v) is 20.2. The van der Waals surface area contributed by atoms with Crippen LogP contribution in [0.5, 0.6) is 5.75 Å². The molecule has 0 aliphatic carbocycles. The molecule has 0 N–H and O–H groups in total. The molecule has 0 radical (unpaired) electrons. The Hall–Kier alpha value is -3.93. The van der Waals surface area contributed by atoms with E-state index in [2.05, 4.69) is 12.1 Å². The number of carbonyl (C=O) groups is 3. The number of amides is 2. The van der Waals surface area contributed by atoms with Gasteiger partial charge in [-0.2, -0.15) is 0 Å². The van der Waals surface area contributed by atoms with Crippen LogP contribution in [0.4, 0.5) is 5.69 Å². The minimum Gasteiger partial charge on any atom is -0.476 e. The highest BCUT2D eigenvalue weighted by Gasteiger charge is 2.42. The summed E-state index contributed by atoms with van der Waals surface area (Å²) in [5, 5.41) is 0. The molecule has 0 unspecified atom stereocenters. The fourth-order valence-electron chi connectivity index (χ4n) is 4.68. The molecule has 35 heavy (non-hydrogen) atoms. The lowest BCUT2D eigenvalue weighted by Gasteiger charge is -2.38. The molecule has 0 atom stereocenters. The number of rotatable bonds is 4. The Morgan fingerprint density at radius 3 is 2.37 bits per heavy atom. The van der Waals surface area contributed by atoms with Gasteiger partial charge in [0.05, 0.1) is 12.2 Å². The van der Waals surface area contributed by atoms with Crippen molar-refractivity contribution in [2.75, 3.05) is 18.0 Å². The van der Waals surface area contributed by atoms with Gasteiger partial charge in [-0.1, -0.05) is 54.1 Å². The van der Waals surface area contributed by atoms with Crippen LogP contribution in [-0.4, -0.2) is 41.2 Å². The third kappa shape index (κ3) is 4.32. The second kappa shape index (κ2) is 8.69. The number of fused-ring (bicyclic) bond motifs is 2. The number of hydrogen-bond acceptors (Lipinski definition) is 4. The first-order valence-corrected chi connectivity index (χ1v) is 11.8. The lowest BCUT2D eigenvalue weighted by molar-refractivity contribution is -0.132. The molecule has 0 spiro atoms. The molecule has 5 rings (SSSR count). The van der Waals surface area contributed by atoms with E-state index in [0.717, 1.165) is 17.5 Å². The molecule has 3 aromatic carbocycles. The number of nitrogens with zero attached hydrogens (tertiary/aromatic N) is 2. The molecule has 6 heteroatoms. The Kier molecular flexibility index (Phi) is 5.67. The predicted molar refractivity (Wildman–Crippen MR) is 134 cm³/mol. The largest absolute Gasteiger partial charge is 0.476 e. The van der Waals surface area contributed by atoms with Crippen LogP contribution in [-0.2, 0) is 17.8 Å². The zero-order chi connectivity index (χ0) is 24.7. The highest BCUT2D eigenvalue weighted by Crippen LogP contribution is 2.39. The summed E-state index contributed by atoms with van der Waals surface area (Å²) < 4.78 is 5.96. The van der Waals surface area contributed by atoms with E-state index in [9.17, 15) is 14.4 Å². The normalized spacial score (nSPS) is 16.3. The predicted octanol–water partition coefficient (Wildman–Crippen LogP) is 4.58. The zero-order valence-electron chi connectivity index (χ0n) is 20.2. The molecule has 6 nitrogen and oxygen atoms in total. The molecule has 0 fully saturated rings. The standard InChI is InChI=1S/C29H28N2O4/c1-19-8-10-21(11-9-19)25(32)18-31-24-16-22(12-13-26(24)35-29(2,3)28(31)34)27(33)30-15-14-20-6-4-5-7-23(20)17-30/h4-13,16H,14-15,17-18H2,1-3H3. The number of Topliss-reactive ketones (excluding diaryl/α,β-unsaturated/α-hetero) is 1. The molecule has 2 amide bonds. The van der Waals surface area contributed by atoms with E-state index < -0.39 is 5.60 Å². The lowest BCUT2D eigenvalue weighted by atomic mass is 9.98. The van der Waals surface area contributed by atoms with E-state index in [1.165, 1.54) is 10.5 Å². The van der Waals surface area contributed by atoms with Gasteiger partial charge in [-0.25, -0.2) is 0 Å². The molecule has 2 aliphatic heterocycles. The fourth-order valence-corrected chi connectivity index (χ4v) is 4.68. The van der Waals surface area contributed by atoms with Crippen molar-refractivity contribution in [1.82, 2.24) is 4.90 Å². The molecular formula is C29H28N2O4. The maximum Gasteiger partial charge on any atom is 0.271 e. The number of anilines is 1. The van der Waals surface area contributed by atoms with Crippen molar-refractivity contribution in [3.05, 3.63) is 94.5 Å². The van der Waals surface area contributed by atoms with E-state index >= 15 is 0 Å². The van der Waals surface area contributed by atoms with Crippen LogP contribution in [0.25, 0.3) is 0 Å². The van der Waals surface area contributed by atoms with E-state index in [4.69, 9.17) is 4.74 Å². The quantitative estimate of drug-likeness (QED) is 0.526. The molecule has 0 saturated carbocycles. The first-order chi connectivity index (χ1) is 16.7. The van der Waals surface area contributed by atoms with Crippen molar-refractivity contribution < 1.29 is 19.1 Å². The molecular weight excluding hydrogens is 440 g/mol. The van der Waals surface area contributed by atoms with Crippen molar-refractivity contribution in [3.63, 3.8) is 0 Å². The van der Waals surface area contributed by atoms with Crippen LogP contribution >= 0.6 is 0 Å². The first-order valence-electron chi connectivity index (χ1n) is 11.8. The molecule has 3 aromatic rings. The first kappa shape index (κ1) is 22.8. The number of aryl methyl sites for hydroxylation is 1. The van der Waals surface area contributed by atoms with Crippen LogP contribution in [0.3, 0.4) is 0 Å². The summed E-state index contributed by atoms with van der Waals surface area (Å²) in [7, 11) is 0. The van der Waals surface area contributed by atoms with Gasteiger partial charge in [-0.3, -0.25) is 19.3 Å². The van der Waals surface area contributed by atoms with Crippen molar-refractivity contribution in [3.8, 4) is 5.75 Å². The monoisotopic (exact) mass is 468 g/mol. The minimum atomic E-state index is -1.12. The Morgan fingerprint density at radius 1 is 0.943 bits per heavy atom. The van der Waals surface area contributed by atoms with Crippen LogP contribution in [0.15, 0.2) is 66.7 Å². The molecule has 2 heterocycles. The summed E-state index contributed by atoms with van der Waals surface area (Å²) in [4.78, 5) is 43.0. The fraction of sp³-hybridized carbons (Fsp3) is 0.276. The van der Waals surface area contributed by atoms with Crippen LogP contribution in [0.1, 0.15) is 51.3 Å². The third-order valence-electron chi connectivity index (χ3n) is 6.72. The second-order valence-corrected chi connectivity index (χ2v) is 9.72. The lowest BCUT2D eigenvalue weighted by Crippen LogP contribution is -2.54. The number of hydrogen-bond donors (Lipinski definition) is 0. The SMILES string of the molecule is Cc1ccc(C(=O)CN2C(=O)C(C)(C)Oc3ccc(C(=O)N4CCc5ccccc5C4)cc32)cc1. The van der Waals surface area contributed by atoms with Crippen LogP contribution in [0, 0.1) is 6.92 Å². The number of ketones is 1. The Labute approximate surface area is 205 Å². The smallest absolute Gasteiger partial charge is 0.271 e. The van der Waals surface area contributed by atoms with Gasteiger partial charge in [0, 0.05) is 24.2 Å². The molecule has 0 saturated heterocycles. The maximum atomic E-state index is 13.4. The van der Waals surface area contributed by atoms with Gasteiger partial charge < -0.3 is 9.64 Å². The van der Waals surface area contributed by atoms with E-state index in [0.29, 0.717) is 35.7 Å². The molecule has 0 aromatic heterocycles.